The van der Waals surface area contributed by atoms with Crippen LogP contribution < -0.4 is 11.1 Å². The Kier molecular flexibility index (Phi) is 7.65. The van der Waals surface area contributed by atoms with Crippen LogP contribution in [0.5, 0.6) is 0 Å². The summed E-state index contributed by atoms with van der Waals surface area (Å²) in [6.45, 7) is 4.55. The van der Waals surface area contributed by atoms with Crippen LogP contribution in [-0.4, -0.2) is 26.3 Å². The molecule has 0 radical (unpaired) electrons. The van der Waals surface area contributed by atoms with Crippen LogP contribution in [0.15, 0.2) is 24.3 Å². The Bertz CT molecular complexity index is 311. The summed E-state index contributed by atoms with van der Waals surface area (Å²) in [6.07, 6.45) is 3.20. The van der Waals surface area contributed by atoms with Crippen LogP contribution in [0.25, 0.3) is 0 Å². The molecular weight excluding hydrogens is 224 g/mol. The zero-order valence-electron chi connectivity index (χ0n) is 11.6. The number of aryl methyl sites for hydroxylation is 1. The van der Waals surface area contributed by atoms with Crippen LogP contribution in [0.3, 0.4) is 0 Å². The van der Waals surface area contributed by atoms with E-state index in [1.54, 1.807) is 7.11 Å². The average molecular weight is 250 g/mol. The molecule has 102 valence electrons. The fourth-order valence-corrected chi connectivity index (χ4v) is 1.96. The lowest BCUT2D eigenvalue weighted by Crippen LogP contribution is -2.33. The molecule has 3 heteroatoms. The molecule has 0 aliphatic heterocycles. The normalized spacial score (nSPS) is 12.6. The Morgan fingerprint density at radius 1 is 1.22 bits per heavy atom. The van der Waals surface area contributed by atoms with Gasteiger partial charge in [0.2, 0.25) is 0 Å². The predicted octanol–water partition coefficient (Wildman–Crippen LogP) is 2.09. The molecule has 0 amide bonds. The Morgan fingerprint density at radius 3 is 2.44 bits per heavy atom. The van der Waals surface area contributed by atoms with Gasteiger partial charge >= 0.3 is 0 Å². The van der Waals surface area contributed by atoms with Crippen molar-refractivity contribution in [1.29, 1.82) is 0 Å². The molecule has 18 heavy (non-hydrogen) atoms. The van der Waals surface area contributed by atoms with E-state index in [-0.39, 0.29) is 0 Å². The molecule has 0 spiro atoms. The summed E-state index contributed by atoms with van der Waals surface area (Å²) >= 11 is 0. The molecule has 3 N–H and O–H groups in total. The Labute approximate surface area is 111 Å². The van der Waals surface area contributed by atoms with Crippen molar-refractivity contribution in [2.45, 2.75) is 38.8 Å². The summed E-state index contributed by atoms with van der Waals surface area (Å²) in [5.74, 6) is 0. The Hall–Kier alpha value is -0.900. The molecule has 1 atom stereocenters. The predicted molar refractivity (Wildman–Crippen MR) is 76.6 cm³/mol. The highest BCUT2D eigenvalue weighted by molar-refractivity contribution is 5.22. The summed E-state index contributed by atoms with van der Waals surface area (Å²) in [5, 5.41) is 3.53. The van der Waals surface area contributed by atoms with Crippen LogP contribution >= 0.6 is 0 Å². The summed E-state index contributed by atoms with van der Waals surface area (Å²) in [4.78, 5) is 0. The van der Waals surface area contributed by atoms with Gasteiger partial charge in [0.15, 0.2) is 0 Å². The first-order valence-corrected chi connectivity index (χ1v) is 6.80. The molecule has 0 aromatic heterocycles. The van der Waals surface area contributed by atoms with E-state index in [9.17, 15) is 0 Å². The topological polar surface area (TPSA) is 47.3 Å². The van der Waals surface area contributed by atoms with Gasteiger partial charge in [-0.25, -0.2) is 0 Å². The van der Waals surface area contributed by atoms with Gasteiger partial charge < -0.3 is 15.8 Å². The van der Waals surface area contributed by atoms with Gasteiger partial charge in [0.05, 0.1) is 6.61 Å². The number of nitrogens with two attached hydrogens (primary N) is 1. The molecule has 0 heterocycles. The number of hydrogen-bond acceptors (Lipinski definition) is 3. The number of hydrogen-bond donors (Lipinski definition) is 2. The first-order chi connectivity index (χ1) is 8.80. The third-order valence-corrected chi connectivity index (χ3v) is 3.15. The van der Waals surface area contributed by atoms with Crippen molar-refractivity contribution in [2.75, 3.05) is 20.3 Å². The largest absolute Gasteiger partial charge is 0.383 e. The third kappa shape index (κ3) is 5.63. The summed E-state index contributed by atoms with van der Waals surface area (Å²) in [6, 6.07) is 9.17. The first-order valence-electron chi connectivity index (χ1n) is 6.80. The minimum Gasteiger partial charge on any atom is -0.383 e. The highest BCUT2D eigenvalue weighted by atomic mass is 16.5. The number of methoxy groups -OCH3 is 1. The van der Waals surface area contributed by atoms with E-state index in [1.807, 2.05) is 0 Å². The summed E-state index contributed by atoms with van der Waals surface area (Å²) in [5.41, 5.74) is 8.25. The second-order valence-corrected chi connectivity index (χ2v) is 4.63. The van der Waals surface area contributed by atoms with Gasteiger partial charge in [-0.05, 0) is 36.9 Å². The van der Waals surface area contributed by atoms with E-state index >= 15 is 0 Å². The van der Waals surface area contributed by atoms with E-state index in [0.29, 0.717) is 6.04 Å². The Balaban J connectivity index is 2.39. The lowest BCUT2D eigenvalue weighted by Gasteiger charge is -2.17. The van der Waals surface area contributed by atoms with Crippen LogP contribution in [0.1, 0.15) is 30.9 Å². The van der Waals surface area contributed by atoms with E-state index in [0.717, 1.165) is 39.0 Å². The molecular formula is C15H26N2O. The fourth-order valence-electron chi connectivity index (χ4n) is 1.96. The summed E-state index contributed by atoms with van der Waals surface area (Å²) in [7, 11) is 1.74. The van der Waals surface area contributed by atoms with Crippen molar-refractivity contribution < 1.29 is 4.74 Å². The number of ether oxygens (including phenoxy) is 1. The zero-order valence-corrected chi connectivity index (χ0v) is 11.6. The summed E-state index contributed by atoms with van der Waals surface area (Å²) < 4.78 is 5.22. The molecule has 0 saturated heterocycles. The zero-order chi connectivity index (χ0) is 13.2. The minimum atomic E-state index is 0.393. The van der Waals surface area contributed by atoms with Crippen LogP contribution in [0.4, 0.5) is 0 Å². The molecule has 1 aromatic carbocycles. The molecule has 0 saturated carbocycles. The minimum absolute atomic E-state index is 0.393. The molecule has 1 unspecified atom stereocenters. The van der Waals surface area contributed by atoms with Gasteiger partial charge in [-0.1, -0.05) is 31.2 Å². The first kappa shape index (κ1) is 15.2. The monoisotopic (exact) mass is 250 g/mol. The molecule has 0 aliphatic rings. The van der Waals surface area contributed by atoms with Crippen molar-refractivity contribution in [3.8, 4) is 0 Å². The van der Waals surface area contributed by atoms with Gasteiger partial charge in [-0.3, -0.25) is 0 Å². The lowest BCUT2D eigenvalue weighted by molar-refractivity contribution is 0.161. The maximum atomic E-state index is 5.54. The third-order valence-electron chi connectivity index (χ3n) is 3.15. The van der Waals surface area contributed by atoms with E-state index in [4.69, 9.17) is 10.5 Å². The Morgan fingerprint density at radius 2 is 1.89 bits per heavy atom. The van der Waals surface area contributed by atoms with Crippen molar-refractivity contribution in [1.82, 2.24) is 5.32 Å². The number of rotatable bonds is 9. The van der Waals surface area contributed by atoms with E-state index in [1.165, 1.54) is 11.1 Å². The van der Waals surface area contributed by atoms with Crippen molar-refractivity contribution in [2.24, 2.45) is 5.73 Å². The van der Waals surface area contributed by atoms with E-state index in [2.05, 4.69) is 36.5 Å². The number of nitrogens with one attached hydrogen (secondary N) is 1. The SMILES string of the molecule is CCc1ccc(CNC(CCCN)COC)cc1. The molecule has 0 fully saturated rings. The standard InChI is InChI=1S/C15H26N2O/c1-3-13-6-8-14(9-7-13)11-17-15(12-18-2)5-4-10-16/h6-9,15,17H,3-5,10-12,16H2,1-2H3. The van der Waals surface area contributed by atoms with Crippen LogP contribution in [0, 0.1) is 0 Å². The lowest BCUT2D eigenvalue weighted by atomic mass is 10.1. The van der Waals surface area contributed by atoms with Crippen LogP contribution in [0.2, 0.25) is 0 Å². The van der Waals surface area contributed by atoms with Gasteiger partial charge in [0, 0.05) is 19.7 Å². The maximum Gasteiger partial charge on any atom is 0.0615 e. The van der Waals surface area contributed by atoms with Gasteiger partial charge in [0.25, 0.3) is 0 Å². The van der Waals surface area contributed by atoms with Crippen molar-refractivity contribution >= 4 is 0 Å². The molecule has 1 rings (SSSR count). The van der Waals surface area contributed by atoms with Crippen molar-refractivity contribution in [3.63, 3.8) is 0 Å². The molecule has 0 bridgehead atoms. The molecule has 0 aliphatic carbocycles. The molecule has 1 aromatic rings. The number of benzene rings is 1. The van der Waals surface area contributed by atoms with Gasteiger partial charge in [-0.15, -0.1) is 0 Å². The van der Waals surface area contributed by atoms with Gasteiger partial charge in [0.1, 0.15) is 0 Å². The highest BCUT2D eigenvalue weighted by Crippen LogP contribution is 2.06. The average Bonchev–Trinajstić information content (AvgIpc) is 2.42. The maximum absolute atomic E-state index is 5.54. The molecule has 3 nitrogen and oxygen atoms in total. The quantitative estimate of drug-likeness (QED) is 0.705. The second-order valence-electron chi connectivity index (χ2n) is 4.63. The fraction of sp³-hybridized carbons (Fsp3) is 0.600. The van der Waals surface area contributed by atoms with E-state index < -0.39 is 0 Å². The second kappa shape index (κ2) is 9.09. The van der Waals surface area contributed by atoms with Crippen molar-refractivity contribution in [3.05, 3.63) is 35.4 Å². The van der Waals surface area contributed by atoms with Gasteiger partial charge in [-0.2, -0.15) is 0 Å². The highest BCUT2D eigenvalue weighted by Gasteiger charge is 2.07. The smallest absolute Gasteiger partial charge is 0.0615 e. The van der Waals surface area contributed by atoms with Crippen LogP contribution in [-0.2, 0) is 17.7 Å².